The summed E-state index contributed by atoms with van der Waals surface area (Å²) in [5, 5.41) is 4.02. The summed E-state index contributed by atoms with van der Waals surface area (Å²) in [4.78, 5) is 2.28. The van der Waals surface area contributed by atoms with Gasteiger partial charge in [0.05, 0.1) is 4.43 Å². The Balaban J connectivity index is 2.11. The summed E-state index contributed by atoms with van der Waals surface area (Å²) in [5.74, 6) is 1.98. The van der Waals surface area contributed by atoms with Crippen molar-refractivity contribution in [3.8, 4) is 0 Å². The Hall–Kier alpha value is -0.260. The van der Waals surface area contributed by atoms with Crippen molar-refractivity contribution in [2.24, 2.45) is 0 Å². The fourth-order valence-corrected chi connectivity index (χ4v) is 1.82. The number of aromatic nitrogens is 1. The topological polar surface area (TPSA) is 29.3 Å². The maximum absolute atomic E-state index is 5.13. The Labute approximate surface area is 85.2 Å². The highest BCUT2D eigenvalue weighted by molar-refractivity contribution is 14.1. The van der Waals surface area contributed by atoms with E-state index in [1.807, 2.05) is 6.07 Å². The van der Waals surface area contributed by atoms with Crippen LogP contribution in [0, 0.1) is 0 Å². The number of hydrogen-bond acceptors (Lipinski definition) is 3. The van der Waals surface area contributed by atoms with E-state index < -0.39 is 0 Å². The van der Waals surface area contributed by atoms with Gasteiger partial charge in [0.25, 0.3) is 0 Å². The largest absolute Gasteiger partial charge is 0.358 e. The van der Waals surface area contributed by atoms with Crippen LogP contribution in [-0.2, 0) is 4.43 Å². The first kappa shape index (κ1) is 8.34. The van der Waals surface area contributed by atoms with E-state index in [4.69, 9.17) is 4.52 Å². The molecule has 4 heteroatoms. The molecule has 0 bridgehead atoms. The predicted octanol–water partition coefficient (Wildman–Crippen LogP) is 2.21. The molecular weight excluding hydrogens is 267 g/mol. The van der Waals surface area contributed by atoms with Gasteiger partial charge < -0.3 is 9.42 Å². The Morgan fingerprint density at radius 1 is 1.50 bits per heavy atom. The molecule has 2 rings (SSSR count). The van der Waals surface area contributed by atoms with Gasteiger partial charge in [-0.05, 0) is 12.8 Å². The fourth-order valence-electron chi connectivity index (χ4n) is 1.46. The van der Waals surface area contributed by atoms with Crippen molar-refractivity contribution < 1.29 is 4.52 Å². The molecule has 3 nitrogen and oxygen atoms in total. The highest BCUT2D eigenvalue weighted by Crippen LogP contribution is 2.20. The molecule has 1 aliphatic rings. The van der Waals surface area contributed by atoms with Crippen molar-refractivity contribution in [2.75, 3.05) is 18.0 Å². The summed E-state index contributed by atoms with van der Waals surface area (Å²) in [6, 6.07) is 2.04. The number of halogens is 1. The molecule has 12 heavy (non-hydrogen) atoms. The Morgan fingerprint density at radius 3 is 2.83 bits per heavy atom. The summed E-state index contributed by atoms with van der Waals surface area (Å²) in [5.41, 5.74) is 0. The zero-order valence-electron chi connectivity index (χ0n) is 6.79. The highest BCUT2D eigenvalue weighted by atomic mass is 127. The molecule has 0 aliphatic carbocycles. The normalized spacial score (nSPS) is 17.2. The molecule has 0 radical (unpaired) electrons. The molecule has 0 atom stereocenters. The van der Waals surface area contributed by atoms with E-state index in [0.717, 1.165) is 29.1 Å². The lowest BCUT2D eigenvalue weighted by Crippen LogP contribution is -2.17. The number of rotatable bonds is 2. The SMILES string of the molecule is ICc1cc(N2CCCC2)no1. The first-order valence-electron chi connectivity index (χ1n) is 4.16. The third kappa shape index (κ3) is 1.57. The van der Waals surface area contributed by atoms with E-state index in [1.165, 1.54) is 12.8 Å². The van der Waals surface area contributed by atoms with E-state index in [-0.39, 0.29) is 0 Å². The number of alkyl halides is 1. The first-order chi connectivity index (χ1) is 5.90. The number of anilines is 1. The van der Waals surface area contributed by atoms with Crippen LogP contribution in [0.3, 0.4) is 0 Å². The van der Waals surface area contributed by atoms with Crippen LogP contribution in [0.15, 0.2) is 10.6 Å². The van der Waals surface area contributed by atoms with Crippen LogP contribution in [-0.4, -0.2) is 18.2 Å². The lowest BCUT2D eigenvalue weighted by atomic mass is 10.4. The summed E-state index contributed by atoms with van der Waals surface area (Å²) < 4.78 is 6.03. The lowest BCUT2D eigenvalue weighted by Gasteiger charge is -2.11. The van der Waals surface area contributed by atoms with Gasteiger partial charge in [-0.15, -0.1) is 0 Å². The second-order valence-electron chi connectivity index (χ2n) is 2.98. The van der Waals surface area contributed by atoms with Crippen molar-refractivity contribution in [1.29, 1.82) is 0 Å². The first-order valence-corrected chi connectivity index (χ1v) is 5.69. The van der Waals surface area contributed by atoms with E-state index in [1.54, 1.807) is 0 Å². The van der Waals surface area contributed by atoms with Crippen molar-refractivity contribution >= 4 is 28.4 Å². The summed E-state index contributed by atoms with van der Waals surface area (Å²) in [7, 11) is 0. The molecule has 0 unspecified atom stereocenters. The molecule has 0 saturated carbocycles. The van der Waals surface area contributed by atoms with E-state index in [9.17, 15) is 0 Å². The quantitative estimate of drug-likeness (QED) is 0.613. The number of nitrogens with zero attached hydrogens (tertiary/aromatic N) is 2. The van der Waals surface area contributed by atoms with Gasteiger partial charge in [-0.2, -0.15) is 0 Å². The average Bonchev–Trinajstić information content (AvgIpc) is 2.75. The third-order valence-electron chi connectivity index (χ3n) is 2.11. The minimum absolute atomic E-state index is 0.901. The lowest BCUT2D eigenvalue weighted by molar-refractivity contribution is 0.397. The van der Waals surface area contributed by atoms with E-state index >= 15 is 0 Å². The van der Waals surface area contributed by atoms with Crippen molar-refractivity contribution in [3.63, 3.8) is 0 Å². The van der Waals surface area contributed by atoms with Crippen LogP contribution in [0.25, 0.3) is 0 Å². The summed E-state index contributed by atoms with van der Waals surface area (Å²) in [6.07, 6.45) is 2.57. The molecule has 0 amide bonds. The van der Waals surface area contributed by atoms with Crippen molar-refractivity contribution in [2.45, 2.75) is 17.3 Å². The van der Waals surface area contributed by atoms with E-state index in [0.29, 0.717) is 0 Å². The molecule has 66 valence electrons. The average molecular weight is 278 g/mol. The maximum Gasteiger partial charge on any atom is 0.172 e. The minimum Gasteiger partial charge on any atom is -0.358 e. The maximum atomic E-state index is 5.13. The molecule has 1 aromatic heterocycles. The van der Waals surface area contributed by atoms with Gasteiger partial charge >= 0.3 is 0 Å². The van der Waals surface area contributed by atoms with Gasteiger partial charge in [0.15, 0.2) is 5.82 Å². The molecule has 1 aliphatic heterocycles. The Bertz CT molecular complexity index is 255. The van der Waals surface area contributed by atoms with E-state index in [2.05, 4.69) is 32.6 Å². The monoisotopic (exact) mass is 278 g/mol. The third-order valence-corrected chi connectivity index (χ3v) is 2.86. The van der Waals surface area contributed by atoms with Gasteiger partial charge in [-0.3, -0.25) is 0 Å². The molecule has 0 N–H and O–H groups in total. The van der Waals surface area contributed by atoms with Crippen LogP contribution >= 0.6 is 22.6 Å². The van der Waals surface area contributed by atoms with Crippen LogP contribution in [0.5, 0.6) is 0 Å². The van der Waals surface area contributed by atoms with Crippen LogP contribution in [0.1, 0.15) is 18.6 Å². The fraction of sp³-hybridized carbons (Fsp3) is 0.625. The molecule has 2 heterocycles. The van der Waals surface area contributed by atoms with Crippen LogP contribution in [0.2, 0.25) is 0 Å². The zero-order chi connectivity index (χ0) is 8.39. The van der Waals surface area contributed by atoms with Crippen LogP contribution in [0.4, 0.5) is 5.82 Å². The van der Waals surface area contributed by atoms with Gasteiger partial charge in [0.2, 0.25) is 0 Å². The molecule has 1 fully saturated rings. The minimum atomic E-state index is 0.901. The summed E-state index contributed by atoms with van der Waals surface area (Å²) >= 11 is 2.28. The molecule has 1 saturated heterocycles. The second kappa shape index (κ2) is 3.64. The summed E-state index contributed by atoms with van der Waals surface area (Å²) in [6.45, 7) is 2.26. The molecule has 0 spiro atoms. The second-order valence-corrected chi connectivity index (χ2v) is 3.74. The Kier molecular flexibility index (Phi) is 2.53. The van der Waals surface area contributed by atoms with Gasteiger partial charge in [0.1, 0.15) is 5.76 Å². The predicted molar refractivity (Wildman–Crippen MR) is 55.7 cm³/mol. The van der Waals surface area contributed by atoms with Crippen molar-refractivity contribution in [3.05, 3.63) is 11.8 Å². The highest BCUT2D eigenvalue weighted by Gasteiger charge is 2.15. The molecule has 0 aromatic carbocycles. The standard InChI is InChI=1S/C8H11IN2O/c9-6-7-5-8(10-12-7)11-3-1-2-4-11/h5H,1-4,6H2. The van der Waals surface area contributed by atoms with Crippen molar-refractivity contribution in [1.82, 2.24) is 5.16 Å². The zero-order valence-corrected chi connectivity index (χ0v) is 8.95. The van der Waals surface area contributed by atoms with Gasteiger partial charge in [0, 0.05) is 19.2 Å². The van der Waals surface area contributed by atoms with Gasteiger partial charge in [-0.1, -0.05) is 27.7 Å². The van der Waals surface area contributed by atoms with Crippen LogP contribution < -0.4 is 4.90 Å². The molecular formula is C8H11IN2O. The smallest absolute Gasteiger partial charge is 0.172 e. The van der Waals surface area contributed by atoms with Gasteiger partial charge in [-0.25, -0.2) is 0 Å². The Morgan fingerprint density at radius 2 is 2.25 bits per heavy atom. The number of hydrogen-bond donors (Lipinski definition) is 0. The molecule has 1 aromatic rings.